The minimum atomic E-state index is -2.49. The molecule has 1 N–H and O–H groups in total. The SMILES string of the molecule is CC(C)[C@@H]1CCNCC1(F)F. The predicted molar refractivity (Wildman–Crippen MR) is 40.8 cm³/mol. The Morgan fingerprint density at radius 1 is 1.45 bits per heavy atom. The number of hydrogen-bond donors (Lipinski definition) is 1. The van der Waals surface area contributed by atoms with Gasteiger partial charge in [-0.25, -0.2) is 8.78 Å². The summed E-state index contributed by atoms with van der Waals surface area (Å²) in [6, 6.07) is 0. The highest BCUT2D eigenvalue weighted by atomic mass is 19.3. The van der Waals surface area contributed by atoms with Crippen LogP contribution in [0.15, 0.2) is 0 Å². The highest BCUT2D eigenvalue weighted by Crippen LogP contribution is 2.34. The summed E-state index contributed by atoms with van der Waals surface area (Å²) in [5, 5.41) is 2.71. The first-order valence-corrected chi connectivity index (χ1v) is 4.12. The van der Waals surface area contributed by atoms with E-state index in [0.717, 1.165) is 6.54 Å². The fraction of sp³-hybridized carbons (Fsp3) is 1.00. The smallest absolute Gasteiger partial charge is 0.263 e. The third-order valence-electron chi connectivity index (χ3n) is 2.34. The molecule has 1 nitrogen and oxygen atoms in total. The highest BCUT2D eigenvalue weighted by molar-refractivity contribution is 4.85. The van der Waals surface area contributed by atoms with Gasteiger partial charge in [0.1, 0.15) is 0 Å². The molecule has 0 saturated carbocycles. The molecule has 0 unspecified atom stereocenters. The van der Waals surface area contributed by atoms with Crippen LogP contribution in [0, 0.1) is 11.8 Å². The molecule has 0 aromatic rings. The first-order valence-electron chi connectivity index (χ1n) is 4.12. The molecule has 0 radical (unpaired) electrons. The van der Waals surface area contributed by atoms with Crippen molar-refractivity contribution >= 4 is 0 Å². The first-order chi connectivity index (χ1) is 5.04. The van der Waals surface area contributed by atoms with E-state index < -0.39 is 11.8 Å². The lowest BCUT2D eigenvalue weighted by molar-refractivity contribution is -0.0895. The van der Waals surface area contributed by atoms with E-state index in [1.54, 1.807) is 0 Å². The molecule has 1 atom stereocenters. The summed E-state index contributed by atoms with van der Waals surface area (Å²) in [5.74, 6) is -2.83. The van der Waals surface area contributed by atoms with Crippen molar-refractivity contribution in [1.29, 1.82) is 0 Å². The van der Waals surface area contributed by atoms with Crippen LogP contribution >= 0.6 is 0 Å². The van der Waals surface area contributed by atoms with Crippen molar-refractivity contribution in [3.8, 4) is 0 Å². The normalized spacial score (nSPS) is 30.8. The first kappa shape index (κ1) is 8.91. The van der Waals surface area contributed by atoms with Crippen LogP contribution in [0.3, 0.4) is 0 Å². The monoisotopic (exact) mass is 163 g/mol. The van der Waals surface area contributed by atoms with Crippen molar-refractivity contribution in [2.45, 2.75) is 26.2 Å². The van der Waals surface area contributed by atoms with Crippen molar-refractivity contribution in [2.75, 3.05) is 13.1 Å². The van der Waals surface area contributed by atoms with E-state index in [1.165, 1.54) is 0 Å². The van der Waals surface area contributed by atoms with E-state index in [9.17, 15) is 8.78 Å². The lowest BCUT2D eigenvalue weighted by Crippen LogP contribution is -2.47. The second kappa shape index (κ2) is 3.05. The number of piperidine rings is 1. The van der Waals surface area contributed by atoms with Gasteiger partial charge in [-0.3, -0.25) is 0 Å². The zero-order chi connectivity index (χ0) is 8.48. The molecule has 0 aliphatic carbocycles. The maximum Gasteiger partial charge on any atom is 0.263 e. The Bertz CT molecular complexity index is 134. The van der Waals surface area contributed by atoms with Crippen LogP contribution in [0.25, 0.3) is 0 Å². The maximum atomic E-state index is 13.1. The molecule has 0 aromatic carbocycles. The summed E-state index contributed by atoms with van der Waals surface area (Å²) < 4.78 is 26.1. The average molecular weight is 163 g/mol. The largest absolute Gasteiger partial charge is 0.311 e. The minimum Gasteiger partial charge on any atom is -0.311 e. The van der Waals surface area contributed by atoms with Crippen molar-refractivity contribution in [1.82, 2.24) is 5.32 Å². The zero-order valence-electron chi connectivity index (χ0n) is 7.03. The van der Waals surface area contributed by atoms with E-state index in [0.29, 0.717) is 6.42 Å². The van der Waals surface area contributed by atoms with Gasteiger partial charge in [0.15, 0.2) is 0 Å². The van der Waals surface area contributed by atoms with E-state index in [1.807, 2.05) is 13.8 Å². The van der Waals surface area contributed by atoms with Gasteiger partial charge in [0.05, 0.1) is 6.54 Å². The Morgan fingerprint density at radius 3 is 2.45 bits per heavy atom. The van der Waals surface area contributed by atoms with Gasteiger partial charge in [-0.15, -0.1) is 0 Å². The molecule has 1 fully saturated rings. The molecule has 0 aromatic heterocycles. The van der Waals surface area contributed by atoms with Crippen LogP contribution in [0.4, 0.5) is 8.78 Å². The summed E-state index contributed by atoms with van der Waals surface area (Å²) in [5.41, 5.74) is 0. The molecule has 66 valence electrons. The summed E-state index contributed by atoms with van der Waals surface area (Å²) in [6.45, 7) is 4.32. The quantitative estimate of drug-likeness (QED) is 0.622. The molecule has 1 heterocycles. The van der Waals surface area contributed by atoms with Crippen LogP contribution in [-0.4, -0.2) is 19.0 Å². The fourth-order valence-corrected chi connectivity index (χ4v) is 1.68. The molecular formula is C8H15F2N. The van der Waals surface area contributed by atoms with Crippen LogP contribution < -0.4 is 5.32 Å². The van der Waals surface area contributed by atoms with Gasteiger partial charge in [-0.2, -0.15) is 0 Å². The third kappa shape index (κ3) is 1.89. The molecule has 1 aliphatic rings. The van der Waals surface area contributed by atoms with Crippen molar-refractivity contribution in [3.63, 3.8) is 0 Å². The number of hydrogen-bond acceptors (Lipinski definition) is 1. The van der Waals surface area contributed by atoms with Crippen LogP contribution in [0.2, 0.25) is 0 Å². The van der Waals surface area contributed by atoms with Gasteiger partial charge in [0.2, 0.25) is 0 Å². The zero-order valence-corrected chi connectivity index (χ0v) is 7.03. The van der Waals surface area contributed by atoms with E-state index >= 15 is 0 Å². The molecule has 0 spiro atoms. The second-order valence-electron chi connectivity index (χ2n) is 3.58. The van der Waals surface area contributed by atoms with Crippen LogP contribution in [0.1, 0.15) is 20.3 Å². The summed E-state index contributed by atoms with van der Waals surface area (Å²) in [4.78, 5) is 0. The number of alkyl halides is 2. The highest BCUT2D eigenvalue weighted by Gasteiger charge is 2.42. The standard InChI is InChI=1S/C8H15F2N/c1-6(2)7-3-4-11-5-8(7,9)10/h6-7,11H,3-5H2,1-2H3/t7-/m0/s1. The third-order valence-corrected chi connectivity index (χ3v) is 2.34. The van der Waals surface area contributed by atoms with Gasteiger partial charge in [0.25, 0.3) is 5.92 Å². The Labute approximate surface area is 66.2 Å². The van der Waals surface area contributed by atoms with Gasteiger partial charge >= 0.3 is 0 Å². The fourth-order valence-electron chi connectivity index (χ4n) is 1.68. The Balaban J connectivity index is 2.60. The summed E-state index contributed by atoms with van der Waals surface area (Å²) >= 11 is 0. The molecule has 1 saturated heterocycles. The minimum absolute atomic E-state index is 0.0899. The molecule has 11 heavy (non-hydrogen) atoms. The van der Waals surface area contributed by atoms with Gasteiger partial charge in [0, 0.05) is 5.92 Å². The lowest BCUT2D eigenvalue weighted by Gasteiger charge is -2.34. The van der Waals surface area contributed by atoms with Crippen molar-refractivity contribution < 1.29 is 8.78 Å². The Hall–Kier alpha value is -0.180. The number of nitrogens with one attached hydrogen (secondary N) is 1. The predicted octanol–water partition coefficient (Wildman–Crippen LogP) is 1.89. The Kier molecular flexibility index (Phi) is 2.47. The molecule has 0 bridgehead atoms. The molecule has 0 amide bonds. The summed E-state index contributed by atoms with van der Waals surface area (Å²) in [6.07, 6.45) is 0.602. The van der Waals surface area contributed by atoms with Gasteiger partial charge in [-0.1, -0.05) is 13.8 Å². The van der Waals surface area contributed by atoms with Gasteiger partial charge in [-0.05, 0) is 18.9 Å². The summed E-state index contributed by atoms with van der Waals surface area (Å²) in [7, 11) is 0. The maximum absolute atomic E-state index is 13.1. The molecular weight excluding hydrogens is 148 g/mol. The van der Waals surface area contributed by atoms with Crippen LogP contribution in [-0.2, 0) is 0 Å². The number of halogens is 2. The van der Waals surface area contributed by atoms with E-state index in [4.69, 9.17) is 0 Å². The second-order valence-corrected chi connectivity index (χ2v) is 3.58. The average Bonchev–Trinajstić information content (AvgIpc) is 1.85. The van der Waals surface area contributed by atoms with E-state index in [-0.39, 0.29) is 12.5 Å². The number of rotatable bonds is 1. The van der Waals surface area contributed by atoms with Crippen LogP contribution in [0.5, 0.6) is 0 Å². The Morgan fingerprint density at radius 2 is 2.09 bits per heavy atom. The van der Waals surface area contributed by atoms with Crippen molar-refractivity contribution in [3.05, 3.63) is 0 Å². The topological polar surface area (TPSA) is 12.0 Å². The molecule has 3 heteroatoms. The lowest BCUT2D eigenvalue weighted by atomic mass is 9.84. The molecule has 1 rings (SSSR count). The van der Waals surface area contributed by atoms with Gasteiger partial charge < -0.3 is 5.32 Å². The molecule has 1 aliphatic heterocycles. The van der Waals surface area contributed by atoms with Crippen molar-refractivity contribution in [2.24, 2.45) is 11.8 Å². The van der Waals surface area contributed by atoms with E-state index in [2.05, 4.69) is 5.32 Å².